The highest BCUT2D eigenvalue weighted by Crippen LogP contribution is 2.29. The summed E-state index contributed by atoms with van der Waals surface area (Å²) in [5.41, 5.74) is 1.03. The molecule has 20 heavy (non-hydrogen) atoms. The number of anilines is 1. The Labute approximate surface area is 123 Å². The van der Waals surface area contributed by atoms with Gasteiger partial charge in [0.25, 0.3) is 0 Å². The Balaban J connectivity index is 1.90. The minimum absolute atomic E-state index is 0.309. The third-order valence-electron chi connectivity index (χ3n) is 3.42. The fourth-order valence-electron chi connectivity index (χ4n) is 2.34. The van der Waals surface area contributed by atoms with Gasteiger partial charge in [0.1, 0.15) is 5.82 Å². The molecule has 0 saturated carbocycles. The van der Waals surface area contributed by atoms with Crippen molar-refractivity contribution >= 4 is 28.1 Å². The zero-order chi connectivity index (χ0) is 13.9. The van der Waals surface area contributed by atoms with Crippen molar-refractivity contribution in [1.29, 1.82) is 0 Å². The van der Waals surface area contributed by atoms with Crippen molar-refractivity contribution in [2.24, 2.45) is 5.92 Å². The number of aromatic nitrogens is 1. The molecule has 0 bridgehead atoms. The fraction of sp³-hybridized carbons (Fsp3) is 0.235. The average molecular weight is 282 g/mol. The summed E-state index contributed by atoms with van der Waals surface area (Å²) in [7, 11) is 0. The third kappa shape index (κ3) is 2.68. The second-order valence-electron chi connectivity index (χ2n) is 5.27. The van der Waals surface area contributed by atoms with Gasteiger partial charge >= 0.3 is 0 Å². The second-order valence-corrected chi connectivity index (χ2v) is 6.25. The van der Waals surface area contributed by atoms with Gasteiger partial charge in [-0.1, -0.05) is 38.1 Å². The molecule has 0 aliphatic carbocycles. The van der Waals surface area contributed by atoms with Crippen LogP contribution in [0.3, 0.4) is 0 Å². The van der Waals surface area contributed by atoms with Gasteiger partial charge in [0.2, 0.25) is 0 Å². The number of hydrogen-bond donors (Lipinski definition) is 1. The molecule has 2 nitrogen and oxygen atoms in total. The van der Waals surface area contributed by atoms with Crippen LogP contribution in [-0.2, 0) is 0 Å². The summed E-state index contributed by atoms with van der Waals surface area (Å²) in [5, 5.41) is 6.87. The van der Waals surface area contributed by atoms with Gasteiger partial charge in [-0.2, -0.15) is 0 Å². The first-order valence-electron chi connectivity index (χ1n) is 6.90. The smallest absolute Gasteiger partial charge is 0.127 e. The number of para-hydroxylation sites is 1. The molecule has 2 aromatic heterocycles. The van der Waals surface area contributed by atoms with Gasteiger partial charge in [0.05, 0.1) is 11.6 Å². The molecule has 1 atom stereocenters. The van der Waals surface area contributed by atoms with E-state index in [1.807, 2.05) is 12.1 Å². The highest BCUT2D eigenvalue weighted by atomic mass is 32.1. The van der Waals surface area contributed by atoms with Crippen LogP contribution in [0.25, 0.3) is 10.9 Å². The summed E-state index contributed by atoms with van der Waals surface area (Å²) >= 11 is 1.79. The molecule has 2 heterocycles. The predicted octanol–water partition coefficient (Wildman–Crippen LogP) is 5.11. The van der Waals surface area contributed by atoms with Crippen LogP contribution in [0.2, 0.25) is 0 Å². The minimum Gasteiger partial charge on any atom is -0.362 e. The lowest BCUT2D eigenvalue weighted by molar-refractivity contribution is 0.552. The predicted molar refractivity (Wildman–Crippen MR) is 87.3 cm³/mol. The highest BCUT2D eigenvalue weighted by molar-refractivity contribution is 7.10. The van der Waals surface area contributed by atoms with E-state index in [4.69, 9.17) is 4.98 Å². The molecule has 102 valence electrons. The first-order valence-corrected chi connectivity index (χ1v) is 7.78. The Morgan fingerprint density at radius 3 is 2.60 bits per heavy atom. The Morgan fingerprint density at radius 1 is 1.00 bits per heavy atom. The normalized spacial score (nSPS) is 12.8. The summed E-state index contributed by atoms with van der Waals surface area (Å²) in [5.74, 6) is 1.46. The van der Waals surface area contributed by atoms with Crippen LogP contribution in [0.15, 0.2) is 53.9 Å². The monoisotopic (exact) mass is 282 g/mol. The van der Waals surface area contributed by atoms with E-state index in [2.05, 4.69) is 60.9 Å². The molecule has 3 rings (SSSR count). The Hall–Kier alpha value is -1.87. The van der Waals surface area contributed by atoms with E-state index >= 15 is 0 Å². The number of pyridine rings is 1. The molecule has 0 spiro atoms. The lowest BCUT2D eigenvalue weighted by Gasteiger charge is -2.22. The molecule has 0 saturated heterocycles. The molecule has 1 unspecified atom stereocenters. The van der Waals surface area contributed by atoms with Gasteiger partial charge in [-0.05, 0) is 35.6 Å². The Morgan fingerprint density at radius 2 is 1.85 bits per heavy atom. The van der Waals surface area contributed by atoms with Crippen LogP contribution in [0.4, 0.5) is 5.82 Å². The zero-order valence-corrected chi connectivity index (χ0v) is 12.5. The lowest BCUT2D eigenvalue weighted by atomic mass is 10.0. The molecular formula is C17H18N2S. The van der Waals surface area contributed by atoms with Gasteiger partial charge in [-0.3, -0.25) is 0 Å². The fourth-order valence-corrected chi connectivity index (χ4v) is 3.29. The number of hydrogen-bond acceptors (Lipinski definition) is 3. The standard InChI is InChI=1S/C17H18N2S/c1-12(2)17(15-8-5-11-20-15)19-16-10-9-13-6-3-4-7-14(13)18-16/h3-12,17H,1-2H3,(H,18,19). The highest BCUT2D eigenvalue weighted by Gasteiger charge is 2.17. The molecule has 1 aromatic carbocycles. The van der Waals surface area contributed by atoms with Gasteiger partial charge in [-0.15, -0.1) is 11.3 Å². The van der Waals surface area contributed by atoms with Crippen molar-refractivity contribution in [3.63, 3.8) is 0 Å². The topological polar surface area (TPSA) is 24.9 Å². The van der Waals surface area contributed by atoms with Crippen LogP contribution in [0.5, 0.6) is 0 Å². The maximum absolute atomic E-state index is 4.70. The quantitative estimate of drug-likeness (QED) is 0.719. The lowest BCUT2D eigenvalue weighted by Crippen LogP contribution is -2.16. The van der Waals surface area contributed by atoms with Crippen molar-refractivity contribution in [2.45, 2.75) is 19.9 Å². The van der Waals surface area contributed by atoms with Crippen molar-refractivity contribution < 1.29 is 0 Å². The molecule has 3 heteroatoms. The van der Waals surface area contributed by atoms with Crippen LogP contribution in [-0.4, -0.2) is 4.98 Å². The van der Waals surface area contributed by atoms with E-state index in [0.29, 0.717) is 12.0 Å². The first-order chi connectivity index (χ1) is 9.74. The van der Waals surface area contributed by atoms with Gasteiger partial charge in [0.15, 0.2) is 0 Å². The molecule has 0 aliphatic heterocycles. The van der Waals surface area contributed by atoms with Crippen molar-refractivity contribution in [3.8, 4) is 0 Å². The van der Waals surface area contributed by atoms with Gasteiger partial charge < -0.3 is 5.32 Å². The largest absolute Gasteiger partial charge is 0.362 e. The SMILES string of the molecule is CC(C)C(Nc1ccc2ccccc2n1)c1cccs1. The summed E-state index contributed by atoms with van der Waals surface area (Å²) in [6.07, 6.45) is 0. The number of benzene rings is 1. The first kappa shape index (κ1) is 13.1. The number of nitrogens with one attached hydrogen (secondary N) is 1. The van der Waals surface area contributed by atoms with Crippen molar-refractivity contribution in [2.75, 3.05) is 5.32 Å². The van der Waals surface area contributed by atoms with E-state index in [0.717, 1.165) is 11.3 Å². The molecule has 1 N–H and O–H groups in total. The molecule has 0 amide bonds. The van der Waals surface area contributed by atoms with Gasteiger partial charge in [0, 0.05) is 10.3 Å². The van der Waals surface area contributed by atoms with Crippen LogP contribution in [0.1, 0.15) is 24.8 Å². The van der Waals surface area contributed by atoms with Crippen molar-refractivity contribution in [1.82, 2.24) is 4.98 Å². The molecule has 3 aromatic rings. The van der Waals surface area contributed by atoms with Crippen LogP contribution < -0.4 is 5.32 Å². The molecular weight excluding hydrogens is 264 g/mol. The Kier molecular flexibility index (Phi) is 3.70. The van der Waals surface area contributed by atoms with E-state index < -0.39 is 0 Å². The van der Waals surface area contributed by atoms with E-state index in [9.17, 15) is 0 Å². The molecule has 0 aliphatic rings. The second kappa shape index (κ2) is 5.63. The summed E-state index contributed by atoms with van der Waals surface area (Å²) < 4.78 is 0. The van der Waals surface area contributed by atoms with E-state index in [1.54, 1.807) is 11.3 Å². The third-order valence-corrected chi connectivity index (χ3v) is 4.37. The number of nitrogens with zero attached hydrogens (tertiary/aromatic N) is 1. The number of rotatable bonds is 4. The molecule has 0 radical (unpaired) electrons. The van der Waals surface area contributed by atoms with Crippen LogP contribution in [0, 0.1) is 5.92 Å². The number of fused-ring (bicyclic) bond motifs is 1. The summed E-state index contributed by atoms with van der Waals surface area (Å²) in [4.78, 5) is 6.06. The van der Waals surface area contributed by atoms with Crippen LogP contribution >= 0.6 is 11.3 Å². The summed E-state index contributed by atoms with van der Waals surface area (Å²) in [6.45, 7) is 4.47. The average Bonchev–Trinajstić information content (AvgIpc) is 2.98. The molecule has 0 fully saturated rings. The number of thiophene rings is 1. The van der Waals surface area contributed by atoms with Gasteiger partial charge in [-0.25, -0.2) is 4.98 Å². The maximum atomic E-state index is 4.70. The maximum Gasteiger partial charge on any atom is 0.127 e. The summed E-state index contributed by atoms with van der Waals surface area (Å²) in [6, 6.07) is 17.0. The zero-order valence-electron chi connectivity index (χ0n) is 11.7. The minimum atomic E-state index is 0.309. The van der Waals surface area contributed by atoms with E-state index in [1.165, 1.54) is 10.3 Å². The van der Waals surface area contributed by atoms with E-state index in [-0.39, 0.29) is 0 Å². The van der Waals surface area contributed by atoms with Crippen molar-refractivity contribution in [3.05, 3.63) is 58.8 Å². The Bertz CT molecular complexity index is 689.